The third kappa shape index (κ3) is 4.34. The van der Waals surface area contributed by atoms with E-state index >= 15 is 0 Å². The molecule has 0 bridgehead atoms. The molecule has 3 N–H and O–H groups in total. The van der Waals surface area contributed by atoms with Crippen molar-refractivity contribution in [2.75, 3.05) is 0 Å². The number of hydrogen-bond acceptors (Lipinski definition) is 4. The van der Waals surface area contributed by atoms with Crippen molar-refractivity contribution in [3.8, 4) is 0 Å². The molecule has 0 fully saturated rings. The Hall–Kier alpha value is -0.500. The lowest BCUT2D eigenvalue weighted by atomic mass is 10.1. The van der Waals surface area contributed by atoms with Gasteiger partial charge in [0.05, 0.1) is 4.99 Å². The Labute approximate surface area is 111 Å². The van der Waals surface area contributed by atoms with E-state index in [2.05, 4.69) is 4.72 Å². The first-order chi connectivity index (χ1) is 7.83. The van der Waals surface area contributed by atoms with Crippen LogP contribution in [0.3, 0.4) is 0 Å². The number of hydrogen-bond donors (Lipinski definition) is 2. The molecule has 1 aromatic rings. The van der Waals surface area contributed by atoms with E-state index in [9.17, 15) is 8.42 Å². The fourth-order valence-corrected chi connectivity index (χ4v) is 3.56. The van der Waals surface area contributed by atoms with Gasteiger partial charge in [-0.2, -0.15) is 11.3 Å². The summed E-state index contributed by atoms with van der Waals surface area (Å²) in [5.74, 6) is 0. The highest BCUT2D eigenvalue weighted by atomic mass is 32.2. The summed E-state index contributed by atoms with van der Waals surface area (Å²) in [6.07, 6.45) is 0.660. The average molecular weight is 292 g/mol. The van der Waals surface area contributed by atoms with E-state index in [1.54, 1.807) is 11.3 Å². The minimum absolute atomic E-state index is 0.0137. The Bertz CT molecular complexity index is 468. The van der Waals surface area contributed by atoms with Gasteiger partial charge in [-0.15, -0.1) is 0 Å². The van der Waals surface area contributed by atoms with Crippen molar-refractivity contribution in [1.29, 1.82) is 0 Å². The number of thiocarbonyl (C=S) groups is 1. The summed E-state index contributed by atoms with van der Waals surface area (Å²) in [7, 11) is -3.47. The Kier molecular flexibility index (Phi) is 5.05. The van der Waals surface area contributed by atoms with Crippen molar-refractivity contribution < 1.29 is 8.42 Å². The maximum Gasteiger partial charge on any atom is 0.220 e. The highest BCUT2D eigenvalue weighted by Gasteiger charge is 2.24. The molecule has 0 aromatic carbocycles. The predicted octanol–water partition coefficient (Wildman–Crippen LogP) is 1.27. The smallest absolute Gasteiger partial charge is 0.220 e. The fourth-order valence-electron chi connectivity index (χ4n) is 1.34. The molecular weight excluding hydrogens is 276 g/mol. The summed E-state index contributed by atoms with van der Waals surface area (Å²) >= 11 is 6.29. The molecule has 0 radical (unpaired) electrons. The van der Waals surface area contributed by atoms with Crippen molar-refractivity contribution in [2.45, 2.75) is 31.6 Å². The van der Waals surface area contributed by atoms with Gasteiger partial charge in [0.2, 0.25) is 10.0 Å². The molecule has 0 saturated carbocycles. The summed E-state index contributed by atoms with van der Waals surface area (Å²) in [5, 5.41) is 3.12. The minimum Gasteiger partial charge on any atom is -0.392 e. The van der Waals surface area contributed by atoms with Crippen LogP contribution in [0, 0.1) is 0 Å². The molecule has 0 saturated heterocycles. The molecule has 2 atom stereocenters. The highest BCUT2D eigenvalue weighted by molar-refractivity contribution is 7.93. The molecule has 0 aliphatic heterocycles. The van der Waals surface area contributed by atoms with E-state index in [-0.39, 0.29) is 11.0 Å². The van der Waals surface area contributed by atoms with E-state index in [1.165, 1.54) is 6.92 Å². The van der Waals surface area contributed by atoms with Gasteiger partial charge >= 0.3 is 0 Å². The van der Waals surface area contributed by atoms with Crippen LogP contribution in [0.25, 0.3) is 0 Å². The molecule has 4 nitrogen and oxygen atoms in total. The average Bonchev–Trinajstić information content (AvgIpc) is 2.67. The molecular formula is C10H16N2O2S3. The topological polar surface area (TPSA) is 72.2 Å². The molecule has 7 heteroatoms. The van der Waals surface area contributed by atoms with Gasteiger partial charge in [-0.25, -0.2) is 13.1 Å². The Morgan fingerprint density at radius 3 is 2.71 bits per heavy atom. The first kappa shape index (κ1) is 14.6. The van der Waals surface area contributed by atoms with Crippen molar-refractivity contribution in [2.24, 2.45) is 5.73 Å². The van der Waals surface area contributed by atoms with Crippen LogP contribution in [0.2, 0.25) is 0 Å². The van der Waals surface area contributed by atoms with Gasteiger partial charge in [-0.1, -0.05) is 12.2 Å². The van der Waals surface area contributed by atoms with Gasteiger partial charge in [-0.05, 0) is 42.7 Å². The predicted molar refractivity (Wildman–Crippen MR) is 75.8 cm³/mol. The Balaban J connectivity index is 2.62. The van der Waals surface area contributed by atoms with Gasteiger partial charge in [0.15, 0.2) is 0 Å². The van der Waals surface area contributed by atoms with Crippen LogP contribution in [0.5, 0.6) is 0 Å². The SMILES string of the molecule is CC(Cc1ccsc1)NS(=O)(=O)C(C)C(N)=S. The number of nitrogens with two attached hydrogens (primary N) is 1. The standard InChI is InChI=1S/C10H16N2O2S3/c1-7(5-9-3-4-16-6-9)12-17(13,14)8(2)10(11)15/h3-4,6-8,12H,5H2,1-2H3,(H2,11,15). The molecule has 0 aliphatic rings. The first-order valence-electron chi connectivity index (χ1n) is 5.14. The molecule has 0 spiro atoms. The summed E-state index contributed by atoms with van der Waals surface area (Å²) < 4.78 is 26.3. The molecule has 1 rings (SSSR count). The second kappa shape index (κ2) is 5.90. The lowest BCUT2D eigenvalue weighted by Crippen LogP contribution is -2.44. The minimum atomic E-state index is -3.47. The van der Waals surface area contributed by atoms with E-state index in [4.69, 9.17) is 18.0 Å². The van der Waals surface area contributed by atoms with Gasteiger partial charge in [0.1, 0.15) is 5.25 Å². The van der Waals surface area contributed by atoms with Crippen molar-refractivity contribution in [3.05, 3.63) is 22.4 Å². The normalized spacial score (nSPS) is 15.4. The van der Waals surface area contributed by atoms with Crippen LogP contribution in [0.4, 0.5) is 0 Å². The van der Waals surface area contributed by atoms with E-state index in [1.807, 2.05) is 23.8 Å². The van der Waals surface area contributed by atoms with Gasteiger partial charge < -0.3 is 5.73 Å². The van der Waals surface area contributed by atoms with Gasteiger partial charge in [0.25, 0.3) is 0 Å². The molecule has 96 valence electrons. The quantitative estimate of drug-likeness (QED) is 0.775. The largest absolute Gasteiger partial charge is 0.392 e. The lowest BCUT2D eigenvalue weighted by molar-refractivity contribution is 0.557. The van der Waals surface area contributed by atoms with Crippen LogP contribution >= 0.6 is 23.6 Å². The summed E-state index contributed by atoms with van der Waals surface area (Å²) in [4.78, 5) is -0.0137. The van der Waals surface area contributed by atoms with E-state index in [0.29, 0.717) is 6.42 Å². The molecule has 2 unspecified atom stereocenters. The summed E-state index contributed by atoms with van der Waals surface area (Å²) in [6, 6.07) is 1.80. The maximum absolute atomic E-state index is 11.8. The third-order valence-corrected chi connectivity index (χ3v) is 5.50. The third-order valence-electron chi connectivity index (χ3n) is 2.35. The van der Waals surface area contributed by atoms with Gasteiger partial charge in [-0.3, -0.25) is 0 Å². The number of nitrogens with one attached hydrogen (secondary N) is 1. The zero-order valence-corrected chi connectivity index (χ0v) is 12.2. The zero-order chi connectivity index (χ0) is 13.1. The molecule has 17 heavy (non-hydrogen) atoms. The van der Waals surface area contributed by atoms with Crippen molar-refractivity contribution in [3.63, 3.8) is 0 Å². The number of rotatable bonds is 6. The zero-order valence-electron chi connectivity index (χ0n) is 9.71. The fraction of sp³-hybridized carbons (Fsp3) is 0.500. The summed E-state index contributed by atoms with van der Waals surface area (Å²) in [5.41, 5.74) is 6.47. The van der Waals surface area contributed by atoms with Crippen LogP contribution in [-0.4, -0.2) is 24.7 Å². The first-order valence-corrected chi connectivity index (χ1v) is 8.04. The molecule has 0 aliphatic carbocycles. The van der Waals surface area contributed by atoms with E-state index < -0.39 is 15.3 Å². The highest BCUT2D eigenvalue weighted by Crippen LogP contribution is 2.10. The molecule has 1 heterocycles. The van der Waals surface area contributed by atoms with Crippen molar-refractivity contribution in [1.82, 2.24) is 4.72 Å². The summed E-state index contributed by atoms with van der Waals surface area (Å²) in [6.45, 7) is 3.31. The number of sulfonamides is 1. The molecule has 1 aromatic heterocycles. The van der Waals surface area contributed by atoms with Gasteiger partial charge in [0, 0.05) is 6.04 Å². The van der Waals surface area contributed by atoms with Crippen LogP contribution in [-0.2, 0) is 16.4 Å². The van der Waals surface area contributed by atoms with E-state index in [0.717, 1.165) is 5.56 Å². The lowest BCUT2D eigenvalue weighted by Gasteiger charge is -2.17. The monoisotopic (exact) mass is 292 g/mol. The maximum atomic E-state index is 11.8. The second-order valence-corrected chi connectivity index (χ2v) is 7.23. The number of thiophene rings is 1. The van der Waals surface area contributed by atoms with Crippen LogP contribution in [0.15, 0.2) is 16.8 Å². The van der Waals surface area contributed by atoms with Crippen LogP contribution in [0.1, 0.15) is 19.4 Å². The molecule has 0 amide bonds. The second-order valence-electron chi connectivity index (χ2n) is 3.94. The van der Waals surface area contributed by atoms with Crippen molar-refractivity contribution >= 4 is 38.6 Å². The Morgan fingerprint density at radius 1 is 1.59 bits per heavy atom. The Morgan fingerprint density at radius 2 is 2.24 bits per heavy atom. The van der Waals surface area contributed by atoms with Crippen LogP contribution < -0.4 is 10.5 Å².